The molecule has 2 aromatic heterocycles. The van der Waals surface area contributed by atoms with Crippen LogP contribution in [0.1, 0.15) is 16.2 Å². The van der Waals surface area contributed by atoms with E-state index in [0.29, 0.717) is 6.54 Å². The van der Waals surface area contributed by atoms with E-state index in [9.17, 15) is 4.79 Å². The number of aromatic nitrogens is 4. The summed E-state index contributed by atoms with van der Waals surface area (Å²) in [5.74, 6) is -0.246. The third kappa shape index (κ3) is 1.99. The third-order valence-corrected chi connectivity index (χ3v) is 2.51. The van der Waals surface area contributed by atoms with Gasteiger partial charge in [-0.15, -0.1) is 0 Å². The van der Waals surface area contributed by atoms with Gasteiger partial charge in [0, 0.05) is 13.2 Å². The van der Waals surface area contributed by atoms with Gasteiger partial charge in [-0.05, 0) is 6.07 Å². The van der Waals surface area contributed by atoms with Crippen molar-refractivity contribution >= 4 is 11.8 Å². The normalized spacial score (nSPS) is 10.5. The Morgan fingerprint density at radius 1 is 1.59 bits per heavy atom. The first-order valence-corrected chi connectivity index (χ1v) is 4.99. The van der Waals surface area contributed by atoms with E-state index in [1.54, 1.807) is 15.4 Å². The van der Waals surface area contributed by atoms with Crippen molar-refractivity contribution in [3.8, 4) is 0 Å². The second kappa shape index (κ2) is 4.28. The van der Waals surface area contributed by atoms with E-state index in [4.69, 9.17) is 5.73 Å². The van der Waals surface area contributed by atoms with Crippen LogP contribution in [0.2, 0.25) is 0 Å². The fourth-order valence-electron chi connectivity index (χ4n) is 1.50. The highest BCUT2D eigenvalue weighted by Crippen LogP contribution is 2.13. The number of nitrogens with zero attached hydrogens (tertiary/aromatic N) is 4. The molecule has 7 heteroatoms. The van der Waals surface area contributed by atoms with Crippen molar-refractivity contribution in [2.45, 2.75) is 6.54 Å². The average molecular weight is 235 g/mol. The van der Waals surface area contributed by atoms with Gasteiger partial charge in [-0.3, -0.25) is 4.68 Å². The van der Waals surface area contributed by atoms with Crippen molar-refractivity contribution in [1.82, 2.24) is 19.3 Å². The van der Waals surface area contributed by atoms with E-state index < -0.39 is 5.97 Å². The van der Waals surface area contributed by atoms with Crippen molar-refractivity contribution in [2.75, 3.05) is 12.8 Å². The van der Waals surface area contributed by atoms with Crippen molar-refractivity contribution in [3.63, 3.8) is 0 Å². The molecule has 2 heterocycles. The van der Waals surface area contributed by atoms with Crippen molar-refractivity contribution in [3.05, 3.63) is 30.0 Å². The van der Waals surface area contributed by atoms with Gasteiger partial charge in [-0.2, -0.15) is 5.10 Å². The van der Waals surface area contributed by atoms with E-state index in [0.717, 1.165) is 5.69 Å². The number of hydrogen-bond donors (Lipinski definition) is 1. The molecule has 0 fully saturated rings. The van der Waals surface area contributed by atoms with E-state index in [1.807, 2.05) is 13.1 Å². The van der Waals surface area contributed by atoms with Gasteiger partial charge >= 0.3 is 5.97 Å². The Balaban J connectivity index is 2.26. The number of carbonyl (C=O) groups is 1. The molecule has 0 spiro atoms. The Kier molecular flexibility index (Phi) is 2.82. The van der Waals surface area contributed by atoms with Crippen molar-refractivity contribution in [2.24, 2.45) is 7.05 Å². The molecule has 2 aromatic rings. The van der Waals surface area contributed by atoms with Crippen LogP contribution in [0.3, 0.4) is 0 Å². The maximum Gasteiger partial charge on any atom is 0.360 e. The van der Waals surface area contributed by atoms with Gasteiger partial charge in [0.1, 0.15) is 5.82 Å². The second-order valence-corrected chi connectivity index (χ2v) is 3.54. The molecule has 0 radical (unpaired) electrons. The quantitative estimate of drug-likeness (QED) is 0.758. The molecular weight excluding hydrogens is 222 g/mol. The summed E-state index contributed by atoms with van der Waals surface area (Å²) in [5.41, 5.74) is 6.91. The Bertz CT molecular complexity index is 543. The first-order chi connectivity index (χ1) is 8.13. The van der Waals surface area contributed by atoms with Gasteiger partial charge in [0.25, 0.3) is 0 Å². The fraction of sp³-hybridized carbons (Fsp3) is 0.300. The van der Waals surface area contributed by atoms with Gasteiger partial charge in [-0.25, -0.2) is 9.78 Å². The molecule has 2 N–H and O–H groups in total. The Hall–Kier alpha value is -2.31. The molecular formula is C10H13N5O2. The average Bonchev–Trinajstić information content (AvgIpc) is 2.87. The lowest BCUT2D eigenvalue weighted by atomic mass is 10.4. The predicted molar refractivity (Wildman–Crippen MR) is 60.3 cm³/mol. The van der Waals surface area contributed by atoms with Gasteiger partial charge < -0.3 is 15.0 Å². The molecule has 0 atom stereocenters. The number of aryl methyl sites for hydroxylation is 1. The lowest BCUT2D eigenvalue weighted by Crippen LogP contribution is -2.10. The molecule has 0 aliphatic rings. The van der Waals surface area contributed by atoms with E-state index in [1.165, 1.54) is 13.4 Å². The van der Waals surface area contributed by atoms with Crippen molar-refractivity contribution in [1.29, 1.82) is 0 Å². The van der Waals surface area contributed by atoms with Crippen LogP contribution < -0.4 is 5.73 Å². The van der Waals surface area contributed by atoms with E-state index in [2.05, 4.69) is 14.8 Å². The summed E-state index contributed by atoms with van der Waals surface area (Å²) in [6, 6.07) is 1.87. The molecule has 0 unspecified atom stereocenters. The summed E-state index contributed by atoms with van der Waals surface area (Å²) in [6.45, 7) is 0.506. The number of nitrogens with two attached hydrogens (primary N) is 1. The minimum Gasteiger partial charge on any atom is -0.464 e. The lowest BCUT2D eigenvalue weighted by Gasteiger charge is -2.05. The monoisotopic (exact) mass is 235 g/mol. The number of hydrogen-bond acceptors (Lipinski definition) is 5. The zero-order valence-electron chi connectivity index (χ0n) is 9.62. The zero-order chi connectivity index (χ0) is 12.4. The third-order valence-electron chi connectivity index (χ3n) is 2.51. The van der Waals surface area contributed by atoms with Gasteiger partial charge in [0.05, 0.1) is 25.7 Å². The number of carbonyl (C=O) groups excluding carboxylic acids is 1. The number of anilines is 1. The SMILES string of the molecule is COC(=O)c1ncn(Cc2ccnn2C)c1N. The number of ether oxygens (including phenoxy) is 1. The van der Waals surface area contributed by atoms with E-state index in [-0.39, 0.29) is 11.5 Å². The number of rotatable bonds is 3. The second-order valence-electron chi connectivity index (χ2n) is 3.54. The summed E-state index contributed by atoms with van der Waals surface area (Å²) in [4.78, 5) is 15.3. The smallest absolute Gasteiger partial charge is 0.360 e. The molecule has 2 rings (SSSR count). The zero-order valence-corrected chi connectivity index (χ0v) is 9.62. The molecule has 7 nitrogen and oxygen atoms in total. The predicted octanol–water partition coefficient (Wildman–Crippen LogP) is 0.0337. The van der Waals surface area contributed by atoms with Crippen LogP contribution in [0.25, 0.3) is 0 Å². The molecule has 0 saturated heterocycles. The Morgan fingerprint density at radius 2 is 2.35 bits per heavy atom. The summed E-state index contributed by atoms with van der Waals surface area (Å²) in [7, 11) is 3.13. The van der Waals surface area contributed by atoms with Gasteiger partial charge in [0.15, 0.2) is 5.69 Å². The lowest BCUT2D eigenvalue weighted by molar-refractivity contribution is 0.0596. The number of esters is 1. The van der Waals surface area contributed by atoms with Crippen LogP contribution in [0.15, 0.2) is 18.6 Å². The first kappa shape index (κ1) is 11.2. The van der Waals surface area contributed by atoms with Crippen LogP contribution in [0.5, 0.6) is 0 Å². The summed E-state index contributed by atoms with van der Waals surface area (Å²) in [5, 5.41) is 4.05. The Labute approximate surface area is 97.8 Å². The molecule has 0 aliphatic carbocycles. The summed E-state index contributed by atoms with van der Waals surface area (Å²) in [6.07, 6.45) is 3.21. The number of nitrogen functional groups attached to an aromatic ring is 1. The van der Waals surface area contributed by atoms with Crippen LogP contribution >= 0.6 is 0 Å². The molecule has 17 heavy (non-hydrogen) atoms. The van der Waals surface area contributed by atoms with E-state index >= 15 is 0 Å². The number of imidazole rings is 1. The minimum atomic E-state index is -0.536. The van der Waals surface area contributed by atoms with Gasteiger partial charge in [-0.1, -0.05) is 0 Å². The van der Waals surface area contributed by atoms with Gasteiger partial charge in [0.2, 0.25) is 0 Å². The molecule has 0 aromatic carbocycles. The highest BCUT2D eigenvalue weighted by Gasteiger charge is 2.16. The number of methoxy groups -OCH3 is 1. The van der Waals surface area contributed by atoms with Crippen LogP contribution in [0, 0.1) is 0 Å². The van der Waals surface area contributed by atoms with Crippen LogP contribution in [-0.4, -0.2) is 32.4 Å². The molecule has 0 bridgehead atoms. The largest absolute Gasteiger partial charge is 0.464 e. The fourth-order valence-corrected chi connectivity index (χ4v) is 1.50. The topological polar surface area (TPSA) is 88.0 Å². The maximum absolute atomic E-state index is 11.3. The highest BCUT2D eigenvalue weighted by atomic mass is 16.5. The molecule has 90 valence electrons. The highest BCUT2D eigenvalue weighted by molar-refractivity contribution is 5.92. The summed E-state index contributed by atoms with van der Waals surface area (Å²) < 4.78 is 7.98. The molecule has 0 saturated carbocycles. The minimum absolute atomic E-state index is 0.134. The molecule has 0 amide bonds. The van der Waals surface area contributed by atoms with Crippen LogP contribution in [-0.2, 0) is 18.3 Å². The standard InChI is InChI=1S/C10H13N5O2/c1-14-7(3-4-13-14)5-15-6-12-8(9(15)11)10(16)17-2/h3-4,6H,5,11H2,1-2H3. The van der Waals surface area contributed by atoms with Crippen molar-refractivity contribution < 1.29 is 9.53 Å². The Morgan fingerprint density at radius 3 is 2.94 bits per heavy atom. The first-order valence-electron chi connectivity index (χ1n) is 4.99. The summed E-state index contributed by atoms with van der Waals surface area (Å²) >= 11 is 0. The maximum atomic E-state index is 11.3. The molecule has 0 aliphatic heterocycles. The van der Waals surface area contributed by atoms with Crippen LogP contribution in [0.4, 0.5) is 5.82 Å².